The van der Waals surface area contributed by atoms with Crippen LogP contribution in [0.15, 0.2) is 43.0 Å². The van der Waals surface area contributed by atoms with E-state index in [0.29, 0.717) is 35.9 Å². The molecule has 0 aliphatic carbocycles. The summed E-state index contributed by atoms with van der Waals surface area (Å²) in [6.45, 7) is 7.30. The van der Waals surface area contributed by atoms with Crippen LogP contribution >= 0.6 is 0 Å². The Hall–Kier alpha value is -4.16. The molecular formula is C25H29N9O3. The molecule has 1 fully saturated rings. The van der Waals surface area contributed by atoms with Gasteiger partial charge in [-0.2, -0.15) is 5.10 Å². The maximum absolute atomic E-state index is 13.1. The number of hydrogen-bond donors (Lipinski definition) is 2. The first-order chi connectivity index (χ1) is 17.8. The van der Waals surface area contributed by atoms with Crippen molar-refractivity contribution in [3.05, 3.63) is 54.5 Å². The normalized spacial score (nSPS) is 18.2. The summed E-state index contributed by atoms with van der Waals surface area (Å²) in [6.07, 6.45) is 6.99. The lowest BCUT2D eigenvalue weighted by molar-refractivity contribution is -0.121. The van der Waals surface area contributed by atoms with Crippen molar-refractivity contribution in [2.24, 2.45) is 7.05 Å². The lowest BCUT2D eigenvalue weighted by Gasteiger charge is -2.38. The van der Waals surface area contributed by atoms with Crippen molar-refractivity contribution < 1.29 is 14.3 Å². The number of amides is 2. The van der Waals surface area contributed by atoms with E-state index in [1.165, 1.54) is 0 Å². The Morgan fingerprint density at radius 3 is 2.59 bits per heavy atom. The zero-order chi connectivity index (χ0) is 26.1. The molecule has 192 valence electrons. The molecule has 4 aromatic heterocycles. The zero-order valence-electron chi connectivity index (χ0n) is 21.2. The fourth-order valence-electron chi connectivity index (χ4n) is 4.41. The van der Waals surface area contributed by atoms with E-state index in [0.717, 1.165) is 11.1 Å². The summed E-state index contributed by atoms with van der Waals surface area (Å²) >= 11 is 0. The smallest absolute Gasteiger partial charge is 0.294 e. The number of hydrogen-bond acceptors (Lipinski definition) is 8. The summed E-state index contributed by atoms with van der Waals surface area (Å²) < 4.78 is 8.88. The van der Waals surface area contributed by atoms with E-state index in [2.05, 4.69) is 35.8 Å². The Balaban J connectivity index is 1.29. The average Bonchev–Trinajstić information content (AvgIpc) is 3.49. The van der Waals surface area contributed by atoms with E-state index >= 15 is 0 Å². The lowest BCUT2D eigenvalue weighted by atomic mass is 10.1. The van der Waals surface area contributed by atoms with Crippen LogP contribution in [0, 0.1) is 6.92 Å². The summed E-state index contributed by atoms with van der Waals surface area (Å²) in [5, 5.41) is 18.2. The van der Waals surface area contributed by atoms with Gasteiger partial charge in [0, 0.05) is 37.1 Å². The fraction of sp³-hybridized carbons (Fsp3) is 0.360. The molecular weight excluding hydrogens is 474 g/mol. The van der Waals surface area contributed by atoms with Gasteiger partial charge in [0.2, 0.25) is 11.7 Å². The summed E-state index contributed by atoms with van der Waals surface area (Å²) in [5.41, 5.74) is 3.97. The minimum absolute atomic E-state index is 0.136. The van der Waals surface area contributed by atoms with Gasteiger partial charge in [-0.15, -0.1) is 10.2 Å². The SMILES string of the molecule is Cc1ncc(NC(=O)CN2C(C)COCC2C)cc1NC(=O)c1nnc2cc(-c3cnn(C)c3)ccn12. The number of nitrogens with zero attached hydrogens (tertiary/aromatic N) is 7. The van der Waals surface area contributed by atoms with Crippen LogP contribution in [0.4, 0.5) is 11.4 Å². The van der Waals surface area contributed by atoms with E-state index < -0.39 is 5.91 Å². The lowest BCUT2D eigenvalue weighted by Crippen LogP contribution is -2.52. The highest BCUT2D eigenvalue weighted by Crippen LogP contribution is 2.22. The van der Waals surface area contributed by atoms with Crippen LogP contribution in [-0.2, 0) is 16.6 Å². The van der Waals surface area contributed by atoms with Crippen LogP contribution in [0.1, 0.15) is 30.2 Å². The first-order valence-electron chi connectivity index (χ1n) is 12.0. The Morgan fingerprint density at radius 2 is 1.86 bits per heavy atom. The Morgan fingerprint density at radius 1 is 1.08 bits per heavy atom. The summed E-state index contributed by atoms with van der Waals surface area (Å²) in [5.74, 6) is -0.459. The van der Waals surface area contributed by atoms with Crippen molar-refractivity contribution in [3.8, 4) is 11.1 Å². The molecule has 1 saturated heterocycles. The van der Waals surface area contributed by atoms with Crippen LogP contribution in [0.5, 0.6) is 0 Å². The maximum Gasteiger partial charge on any atom is 0.294 e. The van der Waals surface area contributed by atoms with Gasteiger partial charge < -0.3 is 15.4 Å². The number of carbonyl (C=O) groups is 2. The highest BCUT2D eigenvalue weighted by molar-refractivity contribution is 6.03. The highest BCUT2D eigenvalue weighted by Gasteiger charge is 2.27. The van der Waals surface area contributed by atoms with Crippen molar-refractivity contribution in [3.63, 3.8) is 0 Å². The number of aromatic nitrogens is 6. The predicted octanol–water partition coefficient (Wildman–Crippen LogP) is 2.13. The van der Waals surface area contributed by atoms with Crippen LogP contribution in [0.2, 0.25) is 0 Å². The van der Waals surface area contributed by atoms with Gasteiger partial charge in [0.15, 0.2) is 5.65 Å². The summed E-state index contributed by atoms with van der Waals surface area (Å²) in [6, 6.07) is 5.72. The summed E-state index contributed by atoms with van der Waals surface area (Å²) in [4.78, 5) is 32.3. The van der Waals surface area contributed by atoms with Crippen molar-refractivity contribution in [1.29, 1.82) is 0 Å². The molecule has 0 bridgehead atoms. The number of nitrogens with one attached hydrogen (secondary N) is 2. The van der Waals surface area contributed by atoms with E-state index in [4.69, 9.17) is 4.74 Å². The highest BCUT2D eigenvalue weighted by atomic mass is 16.5. The zero-order valence-corrected chi connectivity index (χ0v) is 21.2. The minimum Gasteiger partial charge on any atom is -0.378 e. The molecule has 0 radical (unpaired) electrons. The largest absolute Gasteiger partial charge is 0.378 e. The van der Waals surface area contributed by atoms with Gasteiger partial charge in [-0.25, -0.2) is 0 Å². The third-order valence-electron chi connectivity index (χ3n) is 6.45. The number of pyridine rings is 2. The average molecular weight is 504 g/mol. The third-order valence-corrected chi connectivity index (χ3v) is 6.45. The van der Waals surface area contributed by atoms with E-state index in [1.54, 1.807) is 40.7 Å². The minimum atomic E-state index is -0.439. The molecule has 12 nitrogen and oxygen atoms in total. The quantitative estimate of drug-likeness (QED) is 0.409. The molecule has 4 aromatic rings. The molecule has 12 heteroatoms. The molecule has 2 N–H and O–H groups in total. The third kappa shape index (κ3) is 5.20. The van der Waals surface area contributed by atoms with Crippen molar-refractivity contribution >= 4 is 28.8 Å². The molecule has 1 aliphatic heterocycles. The Bertz CT molecular complexity index is 1450. The number of aryl methyl sites for hydroxylation is 2. The van der Waals surface area contributed by atoms with Gasteiger partial charge in [-0.1, -0.05) is 0 Å². The van der Waals surface area contributed by atoms with E-state index in [9.17, 15) is 9.59 Å². The van der Waals surface area contributed by atoms with E-state index in [-0.39, 0.29) is 30.4 Å². The monoisotopic (exact) mass is 503 g/mol. The Kier molecular flexibility index (Phi) is 6.68. The van der Waals surface area contributed by atoms with Gasteiger partial charge in [0.05, 0.1) is 49.2 Å². The maximum atomic E-state index is 13.1. The molecule has 1 aliphatic rings. The van der Waals surface area contributed by atoms with Crippen molar-refractivity contribution in [2.45, 2.75) is 32.9 Å². The van der Waals surface area contributed by atoms with Crippen LogP contribution in [0.3, 0.4) is 0 Å². The number of anilines is 2. The topological polar surface area (TPSA) is 132 Å². The first kappa shape index (κ1) is 24.5. The molecule has 0 saturated carbocycles. The summed E-state index contributed by atoms with van der Waals surface area (Å²) in [7, 11) is 1.85. The van der Waals surface area contributed by atoms with Crippen LogP contribution < -0.4 is 10.6 Å². The van der Waals surface area contributed by atoms with Gasteiger partial charge in [-0.3, -0.25) is 28.6 Å². The van der Waals surface area contributed by atoms with Gasteiger partial charge in [0.25, 0.3) is 5.91 Å². The molecule has 2 atom stereocenters. The van der Waals surface area contributed by atoms with Gasteiger partial charge >= 0.3 is 0 Å². The van der Waals surface area contributed by atoms with E-state index in [1.807, 2.05) is 39.2 Å². The molecule has 0 aromatic carbocycles. The Labute approximate surface area is 213 Å². The molecule has 5 heterocycles. The fourth-order valence-corrected chi connectivity index (χ4v) is 4.41. The second-order valence-corrected chi connectivity index (χ2v) is 9.34. The molecule has 37 heavy (non-hydrogen) atoms. The molecule has 5 rings (SSSR count). The van der Waals surface area contributed by atoms with Crippen molar-refractivity contribution in [2.75, 3.05) is 30.4 Å². The van der Waals surface area contributed by atoms with Crippen LogP contribution in [0.25, 0.3) is 16.8 Å². The molecule has 2 unspecified atom stereocenters. The number of fused-ring (bicyclic) bond motifs is 1. The van der Waals surface area contributed by atoms with Gasteiger partial charge in [0.1, 0.15) is 0 Å². The molecule has 0 spiro atoms. The second-order valence-electron chi connectivity index (χ2n) is 9.34. The van der Waals surface area contributed by atoms with Crippen molar-refractivity contribution in [1.82, 2.24) is 34.3 Å². The predicted molar refractivity (Wildman–Crippen MR) is 137 cm³/mol. The standard InChI is InChI=1S/C25H29N9O3/c1-15-13-37-14-16(2)34(15)12-23(35)28-20-8-21(17(3)26-10-20)29-25(36)24-31-30-22-7-18(5-6-33(22)24)19-9-27-32(4)11-19/h5-11,15-16H,12-14H2,1-4H3,(H,28,35)(H,29,36). The number of carbonyl (C=O) groups excluding carboxylic acids is 2. The first-order valence-corrected chi connectivity index (χ1v) is 12.0. The molecule has 2 amide bonds. The number of ether oxygens (including phenoxy) is 1. The number of rotatable bonds is 6. The second kappa shape index (κ2) is 10.1. The van der Waals surface area contributed by atoms with Gasteiger partial charge in [-0.05, 0) is 44.5 Å². The van der Waals surface area contributed by atoms with Crippen LogP contribution in [-0.4, -0.2) is 77.9 Å². The number of morpholine rings is 1.